The first-order chi connectivity index (χ1) is 13.4. The first-order valence-corrected chi connectivity index (χ1v) is 11.5. The van der Waals surface area contributed by atoms with Gasteiger partial charge in [-0.05, 0) is 24.7 Å². The maximum Gasteiger partial charge on any atom is 2.00 e. The van der Waals surface area contributed by atoms with E-state index in [0.717, 1.165) is 11.8 Å². The second kappa shape index (κ2) is 12.0. The van der Waals surface area contributed by atoms with Gasteiger partial charge < -0.3 is 9.47 Å². The standard InChI is InChI=1S/C17H30N2O2.2ClHO4.Pd/c1-15(2,3)11-9-20-13(18-11)17(7,8)14-19-12(10-21-14)16(4,5)6;2*2-1(3,4)5;/h11-12H,9-10H2,1-8H3;2*(H,2,3,4,5);/q;;;+2/p-2/t11-,12-;;;/m1.../s1. The average Bonchev–Trinajstić information content (AvgIpc) is 3.13. The molecule has 0 saturated heterocycles. The SMILES string of the molecule is CC(C)(C1=N[C@@H](C(C)(C)C)CO1)C1=N[C@@H](C(C)(C)C)CO1.[O-][Cl+3]([O-])([O-])[O-].[O-][Cl+3]([O-])([O-])[O-].[Pd+2]. The molecule has 0 N–H and O–H groups in total. The number of hydrogen-bond donors (Lipinski definition) is 0. The molecule has 0 bridgehead atoms. The Kier molecular flexibility index (Phi) is 12.8. The van der Waals surface area contributed by atoms with E-state index in [2.05, 4.69) is 55.4 Å². The normalized spacial score (nSPS) is 21.5. The van der Waals surface area contributed by atoms with Crippen molar-refractivity contribution >= 4 is 11.8 Å². The van der Waals surface area contributed by atoms with Crippen molar-refractivity contribution < 1.29 is 87.7 Å². The van der Waals surface area contributed by atoms with Crippen LogP contribution < -0.4 is 37.3 Å². The van der Waals surface area contributed by atoms with Crippen molar-refractivity contribution in [1.82, 2.24) is 0 Å². The Bertz CT molecular complexity index is 584. The molecule has 2 rings (SSSR count). The molecular formula is C17H30Cl2N2O10Pd. The fraction of sp³-hybridized carbons (Fsp3) is 0.882. The monoisotopic (exact) mass is 598 g/mol. The van der Waals surface area contributed by atoms with Crippen LogP contribution in [0.1, 0.15) is 55.4 Å². The smallest absolute Gasteiger partial charge is 0.478 e. The predicted octanol–water partition coefficient (Wildman–Crippen LogP) is -5.82. The van der Waals surface area contributed by atoms with Gasteiger partial charge in [0, 0.05) is 0 Å². The third-order valence-corrected chi connectivity index (χ3v) is 4.37. The van der Waals surface area contributed by atoms with E-state index in [1.807, 2.05) is 0 Å². The third-order valence-electron chi connectivity index (χ3n) is 4.37. The fourth-order valence-corrected chi connectivity index (χ4v) is 2.41. The zero-order chi connectivity index (χ0) is 25.1. The summed E-state index contributed by atoms with van der Waals surface area (Å²) in [5, 5.41) is 0. The van der Waals surface area contributed by atoms with E-state index in [0.29, 0.717) is 13.2 Å². The molecule has 192 valence electrons. The number of aliphatic imine (C=N–C) groups is 2. The van der Waals surface area contributed by atoms with Gasteiger partial charge in [0.2, 0.25) is 0 Å². The molecule has 0 aromatic rings. The van der Waals surface area contributed by atoms with Gasteiger partial charge in [-0.2, -0.15) is 0 Å². The van der Waals surface area contributed by atoms with Crippen LogP contribution in [0.3, 0.4) is 0 Å². The molecule has 12 nitrogen and oxygen atoms in total. The molecule has 0 aliphatic carbocycles. The van der Waals surface area contributed by atoms with Crippen LogP contribution in [0.25, 0.3) is 0 Å². The molecular weight excluding hydrogens is 570 g/mol. The topological polar surface area (TPSA) is 228 Å². The molecule has 32 heavy (non-hydrogen) atoms. The van der Waals surface area contributed by atoms with Crippen LogP contribution in [0.15, 0.2) is 9.98 Å². The number of halogens is 2. The predicted molar refractivity (Wildman–Crippen MR) is 87.0 cm³/mol. The molecule has 0 amide bonds. The number of nitrogens with zero attached hydrogens (tertiary/aromatic N) is 2. The summed E-state index contributed by atoms with van der Waals surface area (Å²) in [4.78, 5) is 9.59. The van der Waals surface area contributed by atoms with E-state index in [1.165, 1.54) is 0 Å². The van der Waals surface area contributed by atoms with Crippen molar-refractivity contribution in [2.45, 2.75) is 67.5 Å². The summed E-state index contributed by atoms with van der Waals surface area (Å²) in [5.41, 5.74) is -0.158. The Morgan fingerprint density at radius 2 is 0.844 bits per heavy atom. The van der Waals surface area contributed by atoms with Gasteiger partial charge in [0.1, 0.15) is 18.6 Å². The molecule has 2 heterocycles. The van der Waals surface area contributed by atoms with E-state index < -0.39 is 20.5 Å². The molecule has 0 spiro atoms. The first kappa shape index (κ1) is 34.0. The summed E-state index contributed by atoms with van der Waals surface area (Å²) in [6.07, 6.45) is 0. The molecule has 0 aromatic carbocycles. The number of ether oxygens (including phenoxy) is 2. The van der Waals surface area contributed by atoms with Gasteiger partial charge in [-0.1, -0.05) is 41.5 Å². The van der Waals surface area contributed by atoms with E-state index in [9.17, 15) is 0 Å². The molecule has 15 heteroatoms. The van der Waals surface area contributed by atoms with Crippen LogP contribution in [-0.4, -0.2) is 37.1 Å². The zero-order valence-electron chi connectivity index (χ0n) is 19.1. The Labute approximate surface area is 206 Å². The van der Waals surface area contributed by atoms with Crippen molar-refractivity contribution in [3.63, 3.8) is 0 Å². The number of hydrogen-bond acceptors (Lipinski definition) is 12. The van der Waals surface area contributed by atoms with Crippen LogP contribution >= 0.6 is 0 Å². The molecule has 0 radical (unpaired) electrons. The van der Waals surface area contributed by atoms with Gasteiger partial charge >= 0.3 is 20.4 Å². The second-order valence-electron chi connectivity index (χ2n) is 9.64. The minimum atomic E-state index is -4.94. The fourth-order valence-electron chi connectivity index (χ4n) is 2.41. The van der Waals surface area contributed by atoms with Gasteiger partial charge in [-0.15, -0.1) is 20.5 Å². The quantitative estimate of drug-likeness (QED) is 0.273. The molecule has 2 aliphatic heterocycles. The van der Waals surface area contributed by atoms with E-state index >= 15 is 0 Å². The summed E-state index contributed by atoms with van der Waals surface area (Å²) in [6.45, 7) is 18.6. The largest absolute Gasteiger partial charge is 2.00 e. The zero-order valence-corrected chi connectivity index (χ0v) is 22.2. The molecule has 0 saturated carbocycles. The van der Waals surface area contributed by atoms with Crippen molar-refractivity contribution in [1.29, 1.82) is 0 Å². The van der Waals surface area contributed by atoms with Crippen LogP contribution in [-0.2, 0) is 29.9 Å². The summed E-state index contributed by atoms with van der Waals surface area (Å²) < 4.78 is 79.7. The molecule has 2 aliphatic rings. The number of rotatable bonds is 2. The second-order valence-corrected chi connectivity index (χ2v) is 11.1. The average molecular weight is 600 g/mol. The van der Waals surface area contributed by atoms with E-state index in [4.69, 9.17) is 56.7 Å². The maximum absolute atomic E-state index is 8.49. The molecule has 2 atom stereocenters. The van der Waals surface area contributed by atoms with Crippen LogP contribution in [0.4, 0.5) is 0 Å². The molecule has 0 aromatic heterocycles. The Morgan fingerprint density at radius 1 is 0.625 bits per heavy atom. The van der Waals surface area contributed by atoms with Crippen molar-refractivity contribution in [2.75, 3.05) is 13.2 Å². The van der Waals surface area contributed by atoms with Gasteiger partial charge in [-0.25, -0.2) is 47.3 Å². The van der Waals surface area contributed by atoms with Gasteiger partial charge in [0.05, 0.1) is 12.1 Å². The Hall–Kier alpha value is -0.138. The summed E-state index contributed by atoms with van der Waals surface area (Å²) in [6, 6.07) is 0.402. The summed E-state index contributed by atoms with van der Waals surface area (Å²) >= 11 is 0. The van der Waals surface area contributed by atoms with E-state index in [-0.39, 0.29) is 48.8 Å². The van der Waals surface area contributed by atoms with Crippen LogP contribution in [0.2, 0.25) is 0 Å². The van der Waals surface area contributed by atoms with Gasteiger partial charge in [-0.3, -0.25) is 0 Å². The summed E-state index contributed by atoms with van der Waals surface area (Å²) in [5.74, 6) is 1.52. The third kappa shape index (κ3) is 14.2. The van der Waals surface area contributed by atoms with Crippen molar-refractivity contribution in [2.24, 2.45) is 26.2 Å². The summed E-state index contributed by atoms with van der Waals surface area (Å²) in [7, 11) is -9.89. The van der Waals surface area contributed by atoms with Crippen LogP contribution in [0, 0.1) is 36.7 Å². The van der Waals surface area contributed by atoms with E-state index in [1.54, 1.807) is 0 Å². The van der Waals surface area contributed by atoms with Crippen molar-refractivity contribution in [3.8, 4) is 0 Å². The van der Waals surface area contributed by atoms with Gasteiger partial charge in [0.15, 0.2) is 11.8 Å². The Balaban J connectivity index is 0. The Morgan fingerprint density at radius 3 is 1.00 bits per heavy atom. The molecule has 0 unspecified atom stereocenters. The van der Waals surface area contributed by atoms with Crippen LogP contribution in [0.5, 0.6) is 0 Å². The molecule has 0 fully saturated rings. The minimum absolute atomic E-state index is 0. The van der Waals surface area contributed by atoms with Crippen molar-refractivity contribution in [3.05, 3.63) is 0 Å². The minimum Gasteiger partial charge on any atom is -0.478 e. The maximum atomic E-state index is 8.49. The first-order valence-electron chi connectivity index (χ1n) is 9.08. The van der Waals surface area contributed by atoms with Gasteiger partial charge in [0.25, 0.3) is 0 Å².